The fraction of sp³-hybridized carbons (Fsp3) is 0.118. The molecule has 2 heterocycles. The Morgan fingerprint density at radius 3 is 2.79 bits per heavy atom. The average molecular weight is 325 g/mol. The van der Waals surface area contributed by atoms with Crippen LogP contribution in [0.15, 0.2) is 42.7 Å². The lowest BCUT2D eigenvalue weighted by Crippen LogP contribution is -2.15. The second kappa shape index (κ2) is 6.04. The highest BCUT2D eigenvalue weighted by Crippen LogP contribution is 2.21. The number of fused-ring (bicyclic) bond motifs is 1. The van der Waals surface area contributed by atoms with Gasteiger partial charge in [-0.3, -0.25) is 4.79 Å². The maximum Gasteiger partial charge on any atom is 0.339 e. The van der Waals surface area contributed by atoms with E-state index in [0.29, 0.717) is 11.4 Å². The molecule has 24 heavy (non-hydrogen) atoms. The van der Waals surface area contributed by atoms with Crippen LogP contribution >= 0.6 is 0 Å². The summed E-state index contributed by atoms with van der Waals surface area (Å²) in [4.78, 5) is 27.6. The van der Waals surface area contributed by atoms with Gasteiger partial charge in [-0.25, -0.2) is 9.78 Å². The molecule has 0 bridgehead atoms. The Balaban J connectivity index is 1.76. The van der Waals surface area contributed by atoms with Crippen molar-refractivity contribution in [1.29, 1.82) is 0 Å². The third-order valence-corrected chi connectivity index (χ3v) is 3.58. The van der Waals surface area contributed by atoms with Gasteiger partial charge in [-0.1, -0.05) is 6.07 Å². The minimum atomic E-state index is -1.26. The summed E-state index contributed by atoms with van der Waals surface area (Å²) in [5, 5.41) is 21.1. The first-order valence-corrected chi connectivity index (χ1v) is 7.23. The summed E-state index contributed by atoms with van der Waals surface area (Å²) in [7, 11) is 0. The van der Waals surface area contributed by atoms with E-state index in [9.17, 15) is 14.7 Å². The molecule has 3 aromatic rings. The summed E-state index contributed by atoms with van der Waals surface area (Å²) in [6, 6.07) is 7.72. The van der Waals surface area contributed by atoms with Crippen LogP contribution in [0.25, 0.3) is 5.65 Å². The van der Waals surface area contributed by atoms with E-state index < -0.39 is 5.97 Å². The highest BCUT2D eigenvalue weighted by atomic mass is 16.4. The maximum atomic E-state index is 12.1. The molecule has 0 unspecified atom stereocenters. The van der Waals surface area contributed by atoms with Gasteiger partial charge in [0, 0.05) is 18.1 Å². The van der Waals surface area contributed by atoms with Crippen molar-refractivity contribution in [3.63, 3.8) is 0 Å². The standard InChI is InChI=1S/C17H15N3O4/c1-10-3-2-6-20-9-12(19-16(10)20)8-15(22)18-11-4-5-14(21)13(7-11)17(23)24/h2-7,9,21H,8H2,1H3,(H,18,22)(H,23,24). The van der Waals surface area contributed by atoms with Crippen LogP contribution in [0.1, 0.15) is 21.6 Å². The van der Waals surface area contributed by atoms with Crippen molar-refractivity contribution in [3.05, 3.63) is 59.5 Å². The molecule has 0 radical (unpaired) electrons. The Bertz CT molecular complexity index is 946. The number of carboxylic acids is 1. The van der Waals surface area contributed by atoms with Crippen LogP contribution in [-0.2, 0) is 11.2 Å². The molecular formula is C17H15N3O4. The average Bonchev–Trinajstić information content (AvgIpc) is 2.92. The van der Waals surface area contributed by atoms with Gasteiger partial charge in [0.15, 0.2) is 0 Å². The van der Waals surface area contributed by atoms with E-state index in [2.05, 4.69) is 10.3 Å². The molecule has 0 saturated carbocycles. The van der Waals surface area contributed by atoms with Gasteiger partial charge in [-0.2, -0.15) is 0 Å². The van der Waals surface area contributed by atoms with Crippen LogP contribution in [-0.4, -0.2) is 31.5 Å². The van der Waals surface area contributed by atoms with Crippen molar-refractivity contribution >= 4 is 23.2 Å². The topological polar surface area (TPSA) is 104 Å². The number of imidazole rings is 1. The second-order valence-corrected chi connectivity index (χ2v) is 5.42. The number of carbonyl (C=O) groups excluding carboxylic acids is 1. The monoisotopic (exact) mass is 325 g/mol. The number of nitrogens with one attached hydrogen (secondary N) is 1. The number of rotatable bonds is 4. The molecule has 0 aliphatic rings. The van der Waals surface area contributed by atoms with Crippen LogP contribution < -0.4 is 5.32 Å². The number of nitrogens with zero attached hydrogens (tertiary/aromatic N) is 2. The summed E-state index contributed by atoms with van der Waals surface area (Å²) >= 11 is 0. The summed E-state index contributed by atoms with van der Waals surface area (Å²) < 4.78 is 1.85. The highest BCUT2D eigenvalue weighted by Gasteiger charge is 2.13. The Labute approximate surface area is 137 Å². The van der Waals surface area contributed by atoms with E-state index >= 15 is 0 Å². The van der Waals surface area contributed by atoms with Gasteiger partial charge in [0.2, 0.25) is 5.91 Å². The van der Waals surface area contributed by atoms with Gasteiger partial charge < -0.3 is 19.9 Å². The van der Waals surface area contributed by atoms with Gasteiger partial charge in [-0.05, 0) is 36.8 Å². The molecule has 0 atom stereocenters. The summed E-state index contributed by atoms with van der Waals surface area (Å²) in [5.41, 5.74) is 2.44. The van der Waals surface area contributed by atoms with E-state index in [1.54, 1.807) is 6.20 Å². The molecule has 7 nitrogen and oxygen atoms in total. The van der Waals surface area contributed by atoms with E-state index in [0.717, 1.165) is 11.2 Å². The van der Waals surface area contributed by atoms with Crippen molar-refractivity contribution in [2.24, 2.45) is 0 Å². The number of carbonyl (C=O) groups is 2. The first-order valence-electron chi connectivity index (χ1n) is 7.23. The third kappa shape index (κ3) is 3.05. The zero-order valence-corrected chi connectivity index (χ0v) is 12.9. The lowest BCUT2D eigenvalue weighted by Gasteiger charge is -2.06. The predicted octanol–water partition coefficient (Wildman–Crippen LogP) is 2.23. The van der Waals surface area contributed by atoms with Crippen molar-refractivity contribution in [3.8, 4) is 5.75 Å². The number of anilines is 1. The second-order valence-electron chi connectivity index (χ2n) is 5.42. The number of aromatic hydroxyl groups is 1. The first-order chi connectivity index (χ1) is 11.4. The van der Waals surface area contributed by atoms with Crippen LogP contribution in [0.2, 0.25) is 0 Å². The highest BCUT2D eigenvalue weighted by molar-refractivity contribution is 5.96. The van der Waals surface area contributed by atoms with Crippen molar-refractivity contribution in [2.45, 2.75) is 13.3 Å². The largest absolute Gasteiger partial charge is 0.507 e. The maximum absolute atomic E-state index is 12.1. The number of aromatic carboxylic acids is 1. The molecule has 7 heteroatoms. The molecule has 122 valence electrons. The SMILES string of the molecule is Cc1cccn2cc(CC(=O)Nc3ccc(O)c(C(=O)O)c3)nc12. The molecule has 2 aromatic heterocycles. The van der Waals surface area contributed by atoms with Gasteiger partial charge in [0.25, 0.3) is 0 Å². The zero-order valence-electron chi connectivity index (χ0n) is 12.9. The van der Waals surface area contributed by atoms with Crippen LogP contribution in [0, 0.1) is 6.92 Å². The predicted molar refractivity (Wildman–Crippen MR) is 87.3 cm³/mol. The van der Waals surface area contributed by atoms with Gasteiger partial charge in [0.05, 0.1) is 12.1 Å². The molecule has 0 aliphatic carbocycles. The van der Waals surface area contributed by atoms with Gasteiger partial charge in [-0.15, -0.1) is 0 Å². The molecular weight excluding hydrogens is 310 g/mol. The van der Waals surface area contributed by atoms with Gasteiger partial charge >= 0.3 is 5.97 Å². The number of pyridine rings is 1. The Morgan fingerprint density at radius 1 is 1.29 bits per heavy atom. The minimum Gasteiger partial charge on any atom is -0.507 e. The van der Waals surface area contributed by atoms with E-state index in [-0.39, 0.29) is 23.6 Å². The fourth-order valence-corrected chi connectivity index (χ4v) is 2.44. The summed E-state index contributed by atoms with van der Waals surface area (Å²) in [6.07, 6.45) is 3.70. The van der Waals surface area contributed by atoms with Crippen molar-refractivity contribution < 1.29 is 19.8 Å². The number of aryl methyl sites for hydroxylation is 1. The molecule has 3 N–H and O–H groups in total. The quantitative estimate of drug-likeness (QED) is 0.638. The number of benzene rings is 1. The van der Waals surface area contributed by atoms with Crippen molar-refractivity contribution in [1.82, 2.24) is 9.38 Å². The van der Waals surface area contributed by atoms with Gasteiger partial charge in [0.1, 0.15) is 17.0 Å². The van der Waals surface area contributed by atoms with Crippen molar-refractivity contribution in [2.75, 3.05) is 5.32 Å². The number of hydrogen-bond acceptors (Lipinski definition) is 4. The zero-order chi connectivity index (χ0) is 17.3. The minimum absolute atomic E-state index is 0.0599. The van der Waals surface area contributed by atoms with Crippen LogP contribution in [0.5, 0.6) is 5.75 Å². The Morgan fingerprint density at radius 2 is 2.08 bits per heavy atom. The molecule has 3 rings (SSSR count). The molecule has 1 amide bonds. The number of phenols is 1. The normalized spacial score (nSPS) is 10.7. The Hall–Kier alpha value is -3.35. The number of amides is 1. The summed E-state index contributed by atoms with van der Waals surface area (Å²) in [5.74, 6) is -1.94. The molecule has 0 fully saturated rings. The Kier molecular flexibility index (Phi) is 3.91. The third-order valence-electron chi connectivity index (χ3n) is 3.58. The fourth-order valence-electron chi connectivity index (χ4n) is 2.44. The van der Waals surface area contributed by atoms with E-state index in [1.165, 1.54) is 18.2 Å². The smallest absolute Gasteiger partial charge is 0.339 e. The first kappa shape index (κ1) is 15.5. The number of carboxylic acid groups (broad SMARTS) is 1. The lowest BCUT2D eigenvalue weighted by molar-refractivity contribution is -0.115. The molecule has 0 saturated heterocycles. The molecule has 0 spiro atoms. The lowest BCUT2D eigenvalue weighted by atomic mass is 10.1. The molecule has 1 aromatic carbocycles. The number of aromatic nitrogens is 2. The van der Waals surface area contributed by atoms with E-state index in [1.807, 2.05) is 29.7 Å². The van der Waals surface area contributed by atoms with E-state index in [4.69, 9.17) is 5.11 Å². The molecule has 0 aliphatic heterocycles. The number of hydrogen-bond donors (Lipinski definition) is 3. The van der Waals surface area contributed by atoms with Crippen LogP contribution in [0.4, 0.5) is 5.69 Å². The van der Waals surface area contributed by atoms with Crippen LogP contribution in [0.3, 0.4) is 0 Å². The summed E-state index contributed by atoms with van der Waals surface area (Å²) in [6.45, 7) is 1.94.